The summed E-state index contributed by atoms with van der Waals surface area (Å²) in [6.07, 6.45) is 5.45. The van der Waals surface area contributed by atoms with Gasteiger partial charge in [-0.1, -0.05) is 0 Å². The summed E-state index contributed by atoms with van der Waals surface area (Å²) in [6, 6.07) is 11.5. The number of nitrogens with zero attached hydrogens (tertiary/aromatic N) is 4. The van der Waals surface area contributed by atoms with E-state index in [-0.39, 0.29) is 12.1 Å². The van der Waals surface area contributed by atoms with Gasteiger partial charge in [0.2, 0.25) is 0 Å². The third-order valence-corrected chi connectivity index (χ3v) is 7.42. The van der Waals surface area contributed by atoms with Crippen molar-refractivity contribution in [3.63, 3.8) is 0 Å². The molecule has 2 unspecified atom stereocenters. The lowest BCUT2D eigenvalue weighted by Gasteiger charge is -2.35. The molecule has 0 saturated heterocycles. The highest BCUT2D eigenvalue weighted by molar-refractivity contribution is 5.76. The van der Waals surface area contributed by atoms with Crippen LogP contribution in [0.4, 0.5) is 17.3 Å². The number of aromatic nitrogens is 2. The zero-order valence-electron chi connectivity index (χ0n) is 23.9. The highest BCUT2D eigenvalue weighted by Crippen LogP contribution is 2.36. The number of anilines is 3. The van der Waals surface area contributed by atoms with Gasteiger partial charge < -0.3 is 34.3 Å². The molecule has 40 heavy (non-hydrogen) atoms. The predicted octanol–water partition coefficient (Wildman–Crippen LogP) is 3.94. The summed E-state index contributed by atoms with van der Waals surface area (Å²) in [7, 11) is 8.26. The number of methoxy groups -OCH3 is 5. The number of rotatable bonds is 12. The quantitative estimate of drug-likeness (QED) is 0.250. The minimum absolute atomic E-state index is 0.0561. The average Bonchev–Trinajstić information content (AvgIpc) is 3.00. The monoisotopic (exact) mass is 552 g/mol. The fourth-order valence-corrected chi connectivity index (χ4v) is 5.18. The lowest BCUT2D eigenvalue weighted by Crippen LogP contribution is -2.46. The zero-order chi connectivity index (χ0) is 28.6. The Morgan fingerprint density at radius 2 is 1.38 bits per heavy atom. The molecule has 0 amide bonds. The highest BCUT2D eigenvalue weighted by Gasteiger charge is 2.29. The molecule has 11 nitrogen and oxygen atoms in total. The van der Waals surface area contributed by atoms with Crippen molar-refractivity contribution in [2.75, 3.05) is 51.2 Å². The van der Waals surface area contributed by atoms with Gasteiger partial charge in [0.15, 0.2) is 11.6 Å². The SMILES string of the molecule is COc1ccc(CN(Cc2ccc(OC)cc2OC)c2ncnc(N(N)C3CCCC(OC)C3)c2N)c(OC)c1. The lowest BCUT2D eigenvalue weighted by molar-refractivity contribution is 0.0630. The van der Waals surface area contributed by atoms with Crippen LogP contribution in [0.2, 0.25) is 0 Å². The summed E-state index contributed by atoms with van der Waals surface area (Å²) in [4.78, 5) is 11.2. The maximum Gasteiger partial charge on any atom is 0.171 e. The van der Waals surface area contributed by atoms with Gasteiger partial charge in [-0.15, -0.1) is 0 Å². The van der Waals surface area contributed by atoms with Crippen LogP contribution >= 0.6 is 0 Å². The molecule has 1 aliphatic carbocycles. The normalized spacial score (nSPS) is 16.8. The second-order valence-electron chi connectivity index (χ2n) is 9.73. The summed E-state index contributed by atoms with van der Waals surface area (Å²) >= 11 is 0. The molecule has 0 aliphatic heterocycles. The second-order valence-corrected chi connectivity index (χ2v) is 9.73. The first-order valence-electron chi connectivity index (χ1n) is 13.3. The third-order valence-electron chi connectivity index (χ3n) is 7.42. The summed E-state index contributed by atoms with van der Waals surface area (Å²) in [5.74, 6) is 10.5. The predicted molar refractivity (Wildman–Crippen MR) is 155 cm³/mol. The molecule has 1 aromatic heterocycles. The van der Waals surface area contributed by atoms with Crippen LogP contribution in [0, 0.1) is 0 Å². The van der Waals surface area contributed by atoms with Crippen molar-refractivity contribution in [3.05, 3.63) is 53.9 Å². The molecule has 0 spiro atoms. The van der Waals surface area contributed by atoms with Crippen LogP contribution in [0.15, 0.2) is 42.7 Å². The zero-order valence-corrected chi connectivity index (χ0v) is 23.9. The number of nitrogen functional groups attached to an aromatic ring is 1. The first-order valence-corrected chi connectivity index (χ1v) is 13.3. The van der Waals surface area contributed by atoms with Gasteiger partial charge in [0.25, 0.3) is 0 Å². The Labute approximate surface area is 235 Å². The van der Waals surface area contributed by atoms with Gasteiger partial charge in [0, 0.05) is 49.5 Å². The molecule has 1 saturated carbocycles. The van der Waals surface area contributed by atoms with Gasteiger partial charge in [0.05, 0.1) is 34.5 Å². The molecule has 1 heterocycles. The van der Waals surface area contributed by atoms with E-state index in [9.17, 15) is 0 Å². The molecule has 0 bridgehead atoms. The van der Waals surface area contributed by atoms with Crippen molar-refractivity contribution in [1.82, 2.24) is 9.97 Å². The van der Waals surface area contributed by atoms with Crippen LogP contribution in [0.5, 0.6) is 23.0 Å². The van der Waals surface area contributed by atoms with E-state index in [0.717, 1.165) is 36.8 Å². The second kappa shape index (κ2) is 13.4. The van der Waals surface area contributed by atoms with E-state index in [4.69, 9.17) is 35.3 Å². The molecule has 2 aromatic carbocycles. The van der Waals surface area contributed by atoms with E-state index in [1.54, 1.807) is 40.6 Å². The van der Waals surface area contributed by atoms with Crippen LogP contribution in [0.1, 0.15) is 36.8 Å². The minimum atomic E-state index is 0.0561. The van der Waals surface area contributed by atoms with Crippen LogP contribution in [-0.2, 0) is 17.8 Å². The first-order chi connectivity index (χ1) is 19.4. The largest absolute Gasteiger partial charge is 0.497 e. The fourth-order valence-electron chi connectivity index (χ4n) is 5.18. The topological polar surface area (TPSA) is 130 Å². The first kappa shape index (κ1) is 29.0. The molecular weight excluding hydrogens is 512 g/mol. The Morgan fingerprint density at radius 1 is 0.800 bits per heavy atom. The summed E-state index contributed by atoms with van der Waals surface area (Å²) in [5, 5.41) is 1.67. The average molecular weight is 553 g/mol. The van der Waals surface area contributed by atoms with Crippen molar-refractivity contribution in [1.29, 1.82) is 0 Å². The van der Waals surface area contributed by atoms with Crippen LogP contribution in [0.25, 0.3) is 0 Å². The van der Waals surface area contributed by atoms with Gasteiger partial charge >= 0.3 is 0 Å². The molecule has 0 radical (unpaired) electrons. The van der Waals surface area contributed by atoms with Gasteiger partial charge in [-0.3, -0.25) is 5.01 Å². The Balaban J connectivity index is 1.73. The molecular formula is C29H40N6O5. The smallest absolute Gasteiger partial charge is 0.171 e. The van der Waals surface area contributed by atoms with Crippen molar-refractivity contribution in [2.45, 2.75) is 50.9 Å². The molecule has 4 N–H and O–H groups in total. The molecule has 11 heteroatoms. The molecule has 1 aliphatic rings. The highest BCUT2D eigenvalue weighted by atomic mass is 16.5. The van der Waals surface area contributed by atoms with E-state index in [0.29, 0.717) is 53.4 Å². The van der Waals surface area contributed by atoms with E-state index >= 15 is 0 Å². The Bertz CT molecular complexity index is 1220. The molecule has 4 rings (SSSR count). The van der Waals surface area contributed by atoms with Crippen molar-refractivity contribution in [3.8, 4) is 23.0 Å². The Morgan fingerprint density at radius 3 is 1.90 bits per heavy atom. The summed E-state index contributed by atoms with van der Waals surface area (Å²) in [5.41, 5.74) is 9.02. The van der Waals surface area contributed by atoms with E-state index in [1.165, 1.54) is 6.33 Å². The van der Waals surface area contributed by atoms with Gasteiger partial charge in [-0.05, 0) is 49.9 Å². The fraction of sp³-hybridized carbons (Fsp3) is 0.448. The van der Waals surface area contributed by atoms with E-state index in [2.05, 4.69) is 14.9 Å². The van der Waals surface area contributed by atoms with Crippen molar-refractivity contribution < 1.29 is 23.7 Å². The van der Waals surface area contributed by atoms with Gasteiger partial charge in [0.1, 0.15) is 35.0 Å². The molecule has 1 fully saturated rings. The number of nitrogens with two attached hydrogens (primary N) is 2. The van der Waals surface area contributed by atoms with Crippen molar-refractivity contribution in [2.24, 2.45) is 5.84 Å². The number of ether oxygens (including phenoxy) is 5. The van der Waals surface area contributed by atoms with E-state index in [1.807, 2.05) is 36.4 Å². The molecule has 216 valence electrons. The van der Waals surface area contributed by atoms with Gasteiger partial charge in [-0.25, -0.2) is 15.8 Å². The standard InChI is InChI=1S/C29H40N6O5/c1-36-22-8-6-7-21(13-22)35(31)29-27(30)28(32-18-33-29)34(16-19-9-11-23(37-2)14-25(19)39-4)17-20-10-12-24(38-3)15-26(20)40-5/h9-12,14-15,18,21-22H,6-8,13,16-17,30-31H2,1-5H3. The van der Waals surface area contributed by atoms with Crippen LogP contribution < -0.4 is 40.4 Å². The Hall–Kier alpha value is -3.96. The van der Waals surface area contributed by atoms with Crippen molar-refractivity contribution >= 4 is 17.3 Å². The van der Waals surface area contributed by atoms with Gasteiger partial charge in [-0.2, -0.15) is 0 Å². The van der Waals surface area contributed by atoms with Crippen LogP contribution in [-0.4, -0.2) is 57.7 Å². The Kier molecular flexibility index (Phi) is 9.73. The van der Waals surface area contributed by atoms with E-state index < -0.39 is 0 Å². The third kappa shape index (κ3) is 6.43. The number of benzene rings is 2. The maximum absolute atomic E-state index is 6.78. The maximum atomic E-state index is 6.78. The molecule has 3 aromatic rings. The summed E-state index contributed by atoms with van der Waals surface area (Å²) < 4.78 is 27.8. The number of hydrazine groups is 1. The lowest BCUT2D eigenvalue weighted by atomic mass is 9.92. The van der Waals surface area contributed by atoms with Crippen LogP contribution in [0.3, 0.4) is 0 Å². The summed E-state index contributed by atoms with van der Waals surface area (Å²) in [6.45, 7) is 0.867. The minimum Gasteiger partial charge on any atom is -0.497 e. The number of hydrogen-bond acceptors (Lipinski definition) is 11. The molecule has 2 atom stereocenters. The number of hydrogen-bond donors (Lipinski definition) is 2.